The fraction of sp³-hybridized carbons (Fsp3) is 0.167. The summed E-state index contributed by atoms with van der Waals surface area (Å²) in [5.41, 5.74) is 6.67. The van der Waals surface area contributed by atoms with E-state index in [2.05, 4.69) is 15.2 Å². The number of nitrogens with one attached hydrogen (secondary N) is 1. The van der Waals surface area contributed by atoms with Crippen molar-refractivity contribution in [3.8, 4) is 11.5 Å². The molecular weight excluding hydrogens is 743 g/mol. The largest absolute Gasteiger partial charge is 0.497 e. The Kier molecular flexibility index (Phi) is 11.2. The summed E-state index contributed by atoms with van der Waals surface area (Å²) in [7, 11) is 4.64. The van der Waals surface area contributed by atoms with Crippen LogP contribution in [-0.4, -0.2) is 58.0 Å². The number of methoxy groups -OCH3 is 3. The predicted octanol–water partition coefficient (Wildman–Crippen LogP) is 9.75. The summed E-state index contributed by atoms with van der Waals surface area (Å²) >= 11 is 0. The summed E-state index contributed by atoms with van der Waals surface area (Å²) in [6, 6.07) is 48.5. The van der Waals surface area contributed by atoms with E-state index in [1.54, 1.807) is 20.3 Å². The highest BCUT2D eigenvalue weighted by atomic mass is 16.5. The maximum Gasteiger partial charge on any atom is 0.354 e. The van der Waals surface area contributed by atoms with Crippen LogP contribution in [0.25, 0.3) is 10.9 Å². The number of hydrogen-bond acceptors (Lipinski definition) is 9. The molecule has 0 unspecified atom stereocenters. The van der Waals surface area contributed by atoms with Gasteiger partial charge in [-0.05, 0) is 108 Å². The number of nitrogens with zero attached hydrogens (tertiary/aromatic N) is 4. The molecule has 0 saturated heterocycles. The van der Waals surface area contributed by atoms with Gasteiger partial charge in [-0.3, -0.25) is 4.79 Å². The zero-order valence-corrected chi connectivity index (χ0v) is 33.0. The first-order valence-corrected chi connectivity index (χ1v) is 19.2. The van der Waals surface area contributed by atoms with Crippen LogP contribution in [0.2, 0.25) is 0 Å². The SMILES string of the molecule is COC(=O)c1cc2c3c(ccc2[nH]1)N(C(=O)CN(COC(c1ccccc1)(c1ccc(OC)cc1)c1ccc(OC)cc1)c1ccc(N=Nc2ccccc2)cc1)CC3. The number of hydrogen-bond donors (Lipinski definition) is 1. The van der Waals surface area contributed by atoms with Gasteiger partial charge < -0.3 is 33.7 Å². The molecule has 8 rings (SSSR count). The van der Waals surface area contributed by atoms with E-state index in [0.717, 1.165) is 50.2 Å². The molecule has 0 fully saturated rings. The molecule has 11 nitrogen and oxygen atoms in total. The van der Waals surface area contributed by atoms with Crippen LogP contribution >= 0.6 is 0 Å². The summed E-state index contributed by atoms with van der Waals surface area (Å²) in [5.74, 6) is 0.875. The number of aromatic nitrogens is 1. The molecule has 7 aromatic rings. The number of carbonyl (C=O) groups is 2. The minimum atomic E-state index is -1.12. The maximum atomic E-state index is 14.6. The highest BCUT2D eigenvalue weighted by Crippen LogP contribution is 2.42. The first-order chi connectivity index (χ1) is 28.9. The normalized spacial score (nSPS) is 12.4. The summed E-state index contributed by atoms with van der Waals surface area (Å²) in [4.78, 5) is 33.8. The van der Waals surface area contributed by atoms with Crippen molar-refractivity contribution in [2.45, 2.75) is 12.0 Å². The number of ether oxygens (including phenoxy) is 4. The van der Waals surface area contributed by atoms with Gasteiger partial charge in [0.05, 0.1) is 39.2 Å². The molecule has 1 N–H and O–H groups in total. The van der Waals surface area contributed by atoms with E-state index in [0.29, 0.717) is 35.8 Å². The van der Waals surface area contributed by atoms with Gasteiger partial charge in [0.25, 0.3) is 0 Å². The summed E-state index contributed by atoms with van der Waals surface area (Å²) in [6.07, 6.45) is 0.639. The molecule has 0 spiro atoms. The van der Waals surface area contributed by atoms with Gasteiger partial charge in [-0.15, -0.1) is 0 Å². The van der Waals surface area contributed by atoms with Crippen molar-refractivity contribution in [1.29, 1.82) is 0 Å². The minimum absolute atomic E-state index is 0.000993. The Morgan fingerprint density at radius 2 is 1.27 bits per heavy atom. The van der Waals surface area contributed by atoms with Gasteiger partial charge in [-0.25, -0.2) is 4.79 Å². The lowest BCUT2D eigenvalue weighted by molar-refractivity contribution is -0.117. The molecular formula is C48H43N5O6. The zero-order valence-electron chi connectivity index (χ0n) is 33.0. The smallest absolute Gasteiger partial charge is 0.354 e. The van der Waals surface area contributed by atoms with Crippen LogP contribution in [0.4, 0.5) is 22.7 Å². The molecule has 0 aliphatic carbocycles. The van der Waals surface area contributed by atoms with Crippen LogP contribution in [0.5, 0.6) is 11.5 Å². The second kappa shape index (κ2) is 17.1. The number of fused-ring (bicyclic) bond motifs is 3. The van der Waals surface area contributed by atoms with Gasteiger partial charge in [-0.1, -0.05) is 72.8 Å². The number of benzene rings is 6. The Hall–Kier alpha value is -7.24. The maximum absolute atomic E-state index is 14.6. The molecule has 1 aromatic heterocycles. The molecule has 1 aliphatic rings. The van der Waals surface area contributed by atoms with Gasteiger partial charge in [0, 0.05) is 28.8 Å². The quantitative estimate of drug-likeness (QED) is 0.0505. The van der Waals surface area contributed by atoms with Crippen molar-refractivity contribution in [3.63, 3.8) is 0 Å². The van der Waals surface area contributed by atoms with Gasteiger partial charge in [0.2, 0.25) is 5.91 Å². The Balaban J connectivity index is 1.17. The van der Waals surface area contributed by atoms with Gasteiger partial charge in [-0.2, -0.15) is 10.2 Å². The first kappa shape index (κ1) is 38.6. The van der Waals surface area contributed by atoms with Gasteiger partial charge in [0.15, 0.2) is 0 Å². The van der Waals surface area contributed by atoms with Crippen molar-refractivity contribution in [2.75, 3.05) is 50.9 Å². The number of anilines is 2. The Bertz CT molecular complexity index is 2530. The third kappa shape index (κ3) is 7.88. The van der Waals surface area contributed by atoms with E-state index in [1.807, 2.05) is 155 Å². The van der Waals surface area contributed by atoms with Crippen LogP contribution < -0.4 is 19.3 Å². The monoisotopic (exact) mass is 785 g/mol. The highest BCUT2D eigenvalue weighted by molar-refractivity contribution is 6.03. The van der Waals surface area contributed by atoms with Crippen molar-refractivity contribution >= 4 is 45.5 Å². The number of carbonyl (C=O) groups excluding carboxylic acids is 2. The van der Waals surface area contributed by atoms with Crippen LogP contribution in [0, 0.1) is 0 Å². The molecule has 6 aromatic carbocycles. The summed E-state index contributed by atoms with van der Waals surface area (Å²) in [5, 5.41) is 9.73. The van der Waals surface area contributed by atoms with Crippen molar-refractivity contribution in [1.82, 2.24) is 4.98 Å². The number of aromatic amines is 1. The van der Waals surface area contributed by atoms with Crippen LogP contribution in [0.3, 0.4) is 0 Å². The van der Waals surface area contributed by atoms with E-state index in [9.17, 15) is 9.59 Å². The lowest BCUT2D eigenvalue weighted by Gasteiger charge is -2.38. The molecule has 0 radical (unpaired) electrons. The fourth-order valence-electron chi connectivity index (χ4n) is 7.64. The van der Waals surface area contributed by atoms with Crippen molar-refractivity contribution in [3.05, 3.63) is 180 Å². The molecule has 296 valence electrons. The Morgan fingerprint density at radius 1 is 0.695 bits per heavy atom. The van der Waals surface area contributed by atoms with Crippen molar-refractivity contribution < 1.29 is 28.5 Å². The third-order valence-corrected chi connectivity index (χ3v) is 10.7. The summed E-state index contributed by atoms with van der Waals surface area (Å²) < 4.78 is 23.3. The van der Waals surface area contributed by atoms with E-state index in [-0.39, 0.29) is 19.2 Å². The molecule has 2 heterocycles. The average molecular weight is 786 g/mol. The second-order valence-corrected chi connectivity index (χ2v) is 14.0. The summed E-state index contributed by atoms with van der Waals surface area (Å²) in [6.45, 7) is 0.508. The first-order valence-electron chi connectivity index (χ1n) is 19.2. The zero-order chi connectivity index (χ0) is 40.8. The molecule has 0 atom stereocenters. The van der Waals surface area contributed by atoms with Crippen LogP contribution in [0.15, 0.2) is 162 Å². The number of esters is 1. The van der Waals surface area contributed by atoms with E-state index in [4.69, 9.17) is 18.9 Å². The fourth-order valence-corrected chi connectivity index (χ4v) is 7.64. The predicted molar refractivity (Wildman–Crippen MR) is 228 cm³/mol. The standard InChI is InChI=1S/C48H43N5O6/c1-56-39-22-14-34(15-23-39)48(33-10-6-4-7-11-33,35-16-24-40(57-2)25-17-35)59-32-52(38-20-18-37(19-21-38)51-50-36-12-8-5-9-13-36)31-46(54)53-29-28-41-42-30-44(47(55)58-3)49-43(42)26-27-45(41)53/h4-27,30,49H,28-29,31-32H2,1-3H3. The lowest BCUT2D eigenvalue weighted by Crippen LogP contribution is -2.43. The number of H-pyrrole nitrogens is 1. The number of amides is 1. The van der Waals surface area contributed by atoms with E-state index < -0.39 is 11.6 Å². The number of azo groups is 1. The van der Waals surface area contributed by atoms with Crippen LogP contribution in [-0.2, 0) is 26.3 Å². The van der Waals surface area contributed by atoms with Gasteiger partial charge >= 0.3 is 5.97 Å². The molecule has 0 bridgehead atoms. The Morgan fingerprint density at radius 3 is 1.86 bits per heavy atom. The highest BCUT2D eigenvalue weighted by Gasteiger charge is 2.39. The molecule has 0 saturated carbocycles. The van der Waals surface area contributed by atoms with E-state index in [1.165, 1.54) is 7.11 Å². The molecule has 11 heteroatoms. The molecule has 1 amide bonds. The van der Waals surface area contributed by atoms with Crippen molar-refractivity contribution in [2.24, 2.45) is 10.2 Å². The lowest BCUT2D eigenvalue weighted by atomic mass is 9.80. The molecule has 59 heavy (non-hydrogen) atoms. The topological polar surface area (TPSA) is 118 Å². The average Bonchev–Trinajstić information content (AvgIpc) is 3.94. The minimum Gasteiger partial charge on any atom is -0.497 e. The second-order valence-electron chi connectivity index (χ2n) is 14.0. The third-order valence-electron chi connectivity index (χ3n) is 10.7. The van der Waals surface area contributed by atoms with Crippen LogP contribution in [0.1, 0.15) is 32.7 Å². The molecule has 1 aliphatic heterocycles. The van der Waals surface area contributed by atoms with E-state index >= 15 is 0 Å². The Labute approximate surface area is 342 Å². The number of rotatable bonds is 14. The van der Waals surface area contributed by atoms with Gasteiger partial charge in [0.1, 0.15) is 29.5 Å².